The second-order valence-electron chi connectivity index (χ2n) is 7.46. The first-order valence-electron chi connectivity index (χ1n) is 10.6. The van der Waals surface area contributed by atoms with Gasteiger partial charge < -0.3 is 9.84 Å². The molecule has 0 aliphatic carbocycles. The second-order valence-corrected chi connectivity index (χ2v) is 7.46. The van der Waals surface area contributed by atoms with E-state index < -0.39 is 5.97 Å². The molecule has 0 fully saturated rings. The number of ketones is 1. The predicted octanol–water partition coefficient (Wildman–Crippen LogP) is 6.22. The lowest BCUT2D eigenvalue weighted by atomic mass is 9.97. The Kier molecular flexibility index (Phi) is 9.98. The molecule has 0 heterocycles. The molecule has 0 aliphatic heterocycles. The molecule has 29 heavy (non-hydrogen) atoms. The van der Waals surface area contributed by atoms with Gasteiger partial charge >= 0.3 is 5.97 Å². The van der Waals surface area contributed by atoms with Crippen molar-refractivity contribution < 1.29 is 19.4 Å². The number of ether oxygens (including phenoxy) is 1. The zero-order valence-electron chi connectivity index (χ0n) is 17.4. The van der Waals surface area contributed by atoms with Gasteiger partial charge in [-0.1, -0.05) is 81.8 Å². The maximum Gasteiger partial charge on any atom is 0.307 e. The Bertz CT molecular complexity index is 768. The molecule has 1 N–H and O–H groups in total. The summed E-state index contributed by atoms with van der Waals surface area (Å²) in [5.41, 5.74) is 2.07. The summed E-state index contributed by atoms with van der Waals surface area (Å²) >= 11 is 0. The fourth-order valence-electron chi connectivity index (χ4n) is 3.34. The Labute approximate surface area is 173 Å². The summed E-state index contributed by atoms with van der Waals surface area (Å²) in [5, 5.41) is 9.17. The Morgan fingerprint density at radius 3 is 2.28 bits per heavy atom. The SMILES string of the molecule is CCCCCCCCCC(=O)c1cc(OCc2ccccc2)ccc1CC(=O)O. The molecule has 4 heteroatoms. The topological polar surface area (TPSA) is 63.6 Å². The number of rotatable bonds is 14. The summed E-state index contributed by atoms with van der Waals surface area (Å²) in [6, 6.07) is 14.9. The minimum absolute atomic E-state index is 0.0000284. The molecule has 0 amide bonds. The molecular weight excluding hydrogens is 364 g/mol. The van der Waals surface area contributed by atoms with Crippen LogP contribution in [0.15, 0.2) is 48.5 Å². The predicted molar refractivity (Wildman–Crippen MR) is 115 cm³/mol. The lowest BCUT2D eigenvalue weighted by Gasteiger charge is -2.12. The molecule has 0 bridgehead atoms. The molecule has 0 aromatic heterocycles. The monoisotopic (exact) mass is 396 g/mol. The Hall–Kier alpha value is -2.62. The van der Waals surface area contributed by atoms with Crippen LogP contribution in [-0.4, -0.2) is 16.9 Å². The number of unbranched alkanes of at least 4 members (excludes halogenated alkanes) is 6. The van der Waals surface area contributed by atoms with E-state index in [0.717, 1.165) is 24.8 Å². The van der Waals surface area contributed by atoms with Crippen LogP contribution in [0.4, 0.5) is 0 Å². The molecule has 0 aliphatic rings. The third-order valence-corrected chi connectivity index (χ3v) is 4.98. The maximum absolute atomic E-state index is 12.8. The first kappa shape index (κ1) is 22.7. The van der Waals surface area contributed by atoms with Crippen LogP contribution in [0.3, 0.4) is 0 Å². The summed E-state index contributed by atoms with van der Waals surface area (Å²) in [6.45, 7) is 2.61. The van der Waals surface area contributed by atoms with Crippen molar-refractivity contribution in [3.05, 3.63) is 65.2 Å². The summed E-state index contributed by atoms with van der Waals surface area (Å²) in [4.78, 5) is 23.9. The van der Waals surface area contributed by atoms with Crippen LogP contribution >= 0.6 is 0 Å². The number of carboxylic acid groups (broad SMARTS) is 1. The van der Waals surface area contributed by atoms with E-state index in [-0.39, 0.29) is 12.2 Å². The van der Waals surface area contributed by atoms with Gasteiger partial charge in [0.1, 0.15) is 12.4 Å². The maximum atomic E-state index is 12.8. The van der Waals surface area contributed by atoms with Crippen LogP contribution in [0.2, 0.25) is 0 Å². The standard InChI is InChI=1S/C25H32O4/c1-2-3-4-5-6-7-11-14-24(26)23-18-22(16-15-21(23)17-25(27)28)29-19-20-12-9-8-10-13-20/h8-10,12-13,15-16,18H,2-7,11,14,17,19H2,1H3,(H,27,28). The normalized spacial score (nSPS) is 10.7. The van der Waals surface area contributed by atoms with E-state index >= 15 is 0 Å². The van der Waals surface area contributed by atoms with E-state index in [1.165, 1.54) is 25.7 Å². The third-order valence-electron chi connectivity index (χ3n) is 4.98. The molecule has 2 aromatic rings. The zero-order valence-corrected chi connectivity index (χ0v) is 17.4. The van der Waals surface area contributed by atoms with Gasteiger partial charge in [0, 0.05) is 12.0 Å². The molecule has 0 atom stereocenters. The molecule has 2 aromatic carbocycles. The van der Waals surface area contributed by atoms with Gasteiger partial charge in [0.15, 0.2) is 5.78 Å². The van der Waals surface area contributed by atoms with Crippen molar-refractivity contribution in [3.8, 4) is 5.75 Å². The third kappa shape index (κ3) is 8.51. The molecule has 156 valence electrons. The summed E-state index contributed by atoms with van der Waals surface area (Å²) in [6.07, 6.45) is 8.29. The number of benzene rings is 2. The molecule has 4 nitrogen and oxygen atoms in total. The highest BCUT2D eigenvalue weighted by Crippen LogP contribution is 2.22. The second kappa shape index (κ2) is 12.8. The van der Waals surface area contributed by atoms with Crippen molar-refractivity contribution in [2.45, 2.75) is 71.3 Å². The van der Waals surface area contributed by atoms with Crippen molar-refractivity contribution in [1.29, 1.82) is 0 Å². The number of hydrogen-bond donors (Lipinski definition) is 1. The highest BCUT2D eigenvalue weighted by Gasteiger charge is 2.15. The van der Waals surface area contributed by atoms with Crippen molar-refractivity contribution in [2.24, 2.45) is 0 Å². The van der Waals surface area contributed by atoms with E-state index in [9.17, 15) is 9.59 Å². The van der Waals surface area contributed by atoms with Crippen molar-refractivity contribution in [2.75, 3.05) is 0 Å². The number of carboxylic acids is 1. The Morgan fingerprint density at radius 1 is 0.897 bits per heavy atom. The van der Waals surface area contributed by atoms with Crippen molar-refractivity contribution in [1.82, 2.24) is 0 Å². The van der Waals surface area contributed by atoms with Gasteiger partial charge in [-0.3, -0.25) is 9.59 Å². The van der Waals surface area contributed by atoms with E-state index in [4.69, 9.17) is 9.84 Å². The Balaban J connectivity index is 1.96. The largest absolute Gasteiger partial charge is 0.489 e. The summed E-state index contributed by atoms with van der Waals surface area (Å²) < 4.78 is 5.82. The van der Waals surface area contributed by atoms with Crippen LogP contribution in [-0.2, 0) is 17.8 Å². The summed E-state index contributed by atoms with van der Waals surface area (Å²) in [7, 11) is 0. The average Bonchev–Trinajstić information content (AvgIpc) is 2.72. The van der Waals surface area contributed by atoms with E-state index in [1.807, 2.05) is 30.3 Å². The van der Waals surface area contributed by atoms with Crippen LogP contribution in [0.1, 0.15) is 79.8 Å². The van der Waals surface area contributed by atoms with Gasteiger partial charge in [-0.05, 0) is 29.7 Å². The number of Topliss-reactive ketones (excluding diaryl/α,β-unsaturated/α-hetero) is 1. The number of carbonyl (C=O) groups excluding carboxylic acids is 1. The van der Waals surface area contributed by atoms with Gasteiger partial charge in [0.25, 0.3) is 0 Å². The average molecular weight is 397 g/mol. The van der Waals surface area contributed by atoms with Crippen molar-refractivity contribution >= 4 is 11.8 Å². The lowest BCUT2D eigenvalue weighted by molar-refractivity contribution is -0.136. The fraction of sp³-hybridized carbons (Fsp3) is 0.440. The zero-order chi connectivity index (χ0) is 20.9. The molecule has 0 radical (unpaired) electrons. The number of carbonyl (C=O) groups is 2. The lowest BCUT2D eigenvalue weighted by Crippen LogP contribution is -2.09. The van der Waals surface area contributed by atoms with E-state index in [0.29, 0.717) is 29.9 Å². The first-order chi connectivity index (χ1) is 14.1. The van der Waals surface area contributed by atoms with Crippen LogP contribution in [0.5, 0.6) is 5.75 Å². The number of aliphatic carboxylic acids is 1. The highest BCUT2D eigenvalue weighted by atomic mass is 16.5. The van der Waals surface area contributed by atoms with E-state index in [2.05, 4.69) is 6.92 Å². The molecule has 0 unspecified atom stereocenters. The van der Waals surface area contributed by atoms with Crippen molar-refractivity contribution in [3.63, 3.8) is 0 Å². The molecule has 0 saturated carbocycles. The smallest absolute Gasteiger partial charge is 0.307 e. The quantitative estimate of drug-likeness (QED) is 0.304. The minimum atomic E-state index is -0.937. The van der Waals surface area contributed by atoms with Crippen LogP contribution in [0.25, 0.3) is 0 Å². The fourth-order valence-corrected chi connectivity index (χ4v) is 3.34. The van der Waals surface area contributed by atoms with E-state index in [1.54, 1.807) is 18.2 Å². The van der Waals surface area contributed by atoms with Gasteiger partial charge in [-0.2, -0.15) is 0 Å². The molecule has 0 saturated heterocycles. The number of hydrogen-bond acceptors (Lipinski definition) is 3. The molecule has 2 rings (SSSR count). The van der Waals surface area contributed by atoms with Crippen LogP contribution < -0.4 is 4.74 Å². The molecule has 0 spiro atoms. The van der Waals surface area contributed by atoms with Gasteiger partial charge in [-0.25, -0.2) is 0 Å². The highest BCUT2D eigenvalue weighted by molar-refractivity contribution is 5.98. The minimum Gasteiger partial charge on any atom is -0.489 e. The Morgan fingerprint density at radius 2 is 1.59 bits per heavy atom. The first-order valence-corrected chi connectivity index (χ1v) is 10.6. The van der Waals surface area contributed by atoms with Gasteiger partial charge in [0.05, 0.1) is 6.42 Å². The molecular formula is C25H32O4. The van der Waals surface area contributed by atoms with Gasteiger partial charge in [0.2, 0.25) is 0 Å². The summed E-state index contributed by atoms with van der Waals surface area (Å²) in [5.74, 6) is -0.348. The van der Waals surface area contributed by atoms with Gasteiger partial charge in [-0.15, -0.1) is 0 Å². The van der Waals surface area contributed by atoms with Crippen LogP contribution in [0, 0.1) is 0 Å².